The van der Waals surface area contributed by atoms with E-state index in [1.807, 2.05) is 0 Å². The first kappa shape index (κ1) is 16.1. The number of hydrogen-bond acceptors (Lipinski definition) is 2. The highest BCUT2D eigenvalue weighted by molar-refractivity contribution is 6.36. The van der Waals surface area contributed by atoms with Crippen LogP contribution in [0.1, 0.15) is 31.2 Å². The molecular weight excluding hydrogens is 313 g/mol. The van der Waals surface area contributed by atoms with Crippen molar-refractivity contribution in [3.05, 3.63) is 33.8 Å². The van der Waals surface area contributed by atoms with Crippen LogP contribution in [-0.2, 0) is 16.0 Å². The summed E-state index contributed by atoms with van der Waals surface area (Å²) < 4.78 is 0. The zero-order chi connectivity index (χ0) is 15.4. The predicted octanol–water partition coefficient (Wildman–Crippen LogP) is 3.39. The quantitative estimate of drug-likeness (QED) is 0.924. The Morgan fingerprint density at radius 2 is 1.86 bits per heavy atom. The van der Waals surface area contributed by atoms with Crippen molar-refractivity contribution in [3.8, 4) is 0 Å². The second-order valence-corrected chi connectivity index (χ2v) is 5.98. The number of carboxylic acid groups (broad SMARTS) is 1. The lowest BCUT2D eigenvalue weighted by molar-refractivity contribution is -0.150. The minimum atomic E-state index is -0.949. The lowest BCUT2D eigenvalue weighted by atomic mass is 10.1. The van der Waals surface area contributed by atoms with Gasteiger partial charge in [0, 0.05) is 16.6 Å². The fraction of sp³-hybridized carbons (Fsp3) is 0.467. The van der Waals surface area contributed by atoms with E-state index in [1.165, 1.54) is 4.90 Å². The molecular formula is C15H17Cl2NO3. The number of halogens is 2. The number of benzene rings is 1. The Morgan fingerprint density at radius 3 is 2.48 bits per heavy atom. The van der Waals surface area contributed by atoms with Crippen LogP contribution in [0, 0.1) is 0 Å². The molecule has 0 bridgehead atoms. The van der Waals surface area contributed by atoms with E-state index >= 15 is 0 Å². The van der Waals surface area contributed by atoms with Gasteiger partial charge in [0.15, 0.2) is 0 Å². The number of carboxylic acids is 1. The molecule has 0 saturated carbocycles. The second-order valence-electron chi connectivity index (χ2n) is 5.17. The molecule has 0 aromatic heterocycles. The number of nitrogens with zero attached hydrogens (tertiary/aromatic N) is 1. The summed E-state index contributed by atoms with van der Waals surface area (Å²) in [4.78, 5) is 25.3. The van der Waals surface area contributed by atoms with E-state index in [9.17, 15) is 14.7 Å². The Kier molecular flexibility index (Phi) is 5.48. The molecule has 1 aromatic carbocycles. The first-order valence-corrected chi connectivity index (χ1v) is 7.71. The average Bonchev–Trinajstić information content (AvgIpc) is 2.68. The summed E-state index contributed by atoms with van der Waals surface area (Å²) in [5.41, 5.74) is 0.555. The zero-order valence-electron chi connectivity index (χ0n) is 11.5. The molecule has 2 rings (SSSR count). The van der Waals surface area contributed by atoms with Gasteiger partial charge in [0.1, 0.15) is 6.04 Å². The lowest BCUT2D eigenvalue weighted by Crippen LogP contribution is -2.45. The molecule has 1 atom stereocenters. The topological polar surface area (TPSA) is 57.6 Å². The number of aliphatic carboxylic acids is 1. The van der Waals surface area contributed by atoms with Crippen LogP contribution in [0.15, 0.2) is 18.2 Å². The van der Waals surface area contributed by atoms with Crippen LogP contribution in [0.4, 0.5) is 0 Å². The Bertz CT molecular complexity index is 527. The van der Waals surface area contributed by atoms with Crippen molar-refractivity contribution >= 4 is 35.1 Å². The van der Waals surface area contributed by atoms with E-state index in [0.29, 0.717) is 28.6 Å². The van der Waals surface area contributed by atoms with Crippen LogP contribution in [-0.4, -0.2) is 34.5 Å². The van der Waals surface area contributed by atoms with E-state index in [4.69, 9.17) is 23.2 Å². The number of hydrogen-bond donors (Lipinski definition) is 1. The van der Waals surface area contributed by atoms with E-state index < -0.39 is 12.0 Å². The highest BCUT2D eigenvalue weighted by atomic mass is 35.5. The van der Waals surface area contributed by atoms with Gasteiger partial charge in [-0.3, -0.25) is 4.79 Å². The van der Waals surface area contributed by atoms with E-state index in [-0.39, 0.29) is 12.3 Å². The first-order valence-electron chi connectivity index (χ1n) is 6.96. The molecule has 114 valence electrons. The molecule has 1 aliphatic heterocycles. The summed E-state index contributed by atoms with van der Waals surface area (Å²) in [6.07, 6.45) is 3.12. The monoisotopic (exact) mass is 329 g/mol. The minimum absolute atomic E-state index is 0.0300. The van der Waals surface area contributed by atoms with Gasteiger partial charge < -0.3 is 10.0 Å². The van der Waals surface area contributed by atoms with Gasteiger partial charge in [0.2, 0.25) is 5.91 Å². The summed E-state index contributed by atoms with van der Waals surface area (Å²) in [6, 6.07) is 4.31. The molecule has 1 saturated heterocycles. The van der Waals surface area contributed by atoms with Crippen LogP contribution >= 0.6 is 23.2 Å². The average molecular weight is 330 g/mol. The fourth-order valence-electron chi connectivity index (χ4n) is 2.62. The number of carbonyl (C=O) groups excluding carboxylic acids is 1. The maximum Gasteiger partial charge on any atom is 0.326 e. The molecule has 21 heavy (non-hydrogen) atoms. The summed E-state index contributed by atoms with van der Waals surface area (Å²) in [6.45, 7) is 0.470. The smallest absolute Gasteiger partial charge is 0.326 e. The van der Waals surface area contributed by atoms with Crippen LogP contribution in [0.2, 0.25) is 10.0 Å². The Hall–Kier alpha value is -1.26. The largest absolute Gasteiger partial charge is 0.480 e. The number of rotatable bonds is 3. The zero-order valence-corrected chi connectivity index (χ0v) is 13.0. The van der Waals surface area contributed by atoms with Crippen molar-refractivity contribution in [3.63, 3.8) is 0 Å². The number of likely N-dealkylation sites (tertiary alicyclic amines) is 1. The third-order valence-electron chi connectivity index (χ3n) is 3.75. The van der Waals surface area contributed by atoms with Crippen LogP contribution < -0.4 is 0 Å². The van der Waals surface area contributed by atoms with Crippen molar-refractivity contribution in [2.75, 3.05) is 6.54 Å². The molecule has 0 aliphatic carbocycles. The lowest BCUT2D eigenvalue weighted by Gasteiger charge is -2.27. The van der Waals surface area contributed by atoms with E-state index in [0.717, 1.165) is 19.3 Å². The number of amides is 1. The molecule has 1 fully saturated rings. The van der Waals surface area contributed by atoms with Gasteiger partial charge in [-0.1, -0.05) is 42.1 Å². The summed E-state index contributed by atoms with van der Waals surface area (Å²) in [5.74, 6) is -1.19. The highest BCUT2D eigenvalue weighted by Crippen LogP contribution is 2.26. The highest BCUT2D eigenvalue weighted by Gasteiger charge is 2.31. The molecule has 1 aromatic rings. The van der Waals surface area contributed by atoms with Gasteiger partial charge in [0.05, 0.1) is 6.42 Å². The van der Waals surface area contributed by atoms with E-state index in [1.54, 1.807) is 18.2 Å². The Labute approximate surface area is 133 Å². The summed E-state index contributed by atoms with van der Waals surface area (Å²) in [5, 5.41) is 10.2. The van der Waals surface area contributed by atoms with Crippen molar-refractivity contribution in [1.29, 1.82) is 0 Å². The Morgan fingerprint density at radius 1 is 1.19 bits per heavy atom. The van der Waals surface area contributed by atoms with Gasteiger partial charge in [-0.15, -0.1) is 0 Å². The normalized spacial score (nSPS) is 19.1. The van der Waals surface area contributed by atoms with E-state index in [2.05, 4.69) is 0 Å². The second kappa shape index (κ2) is 7.14. The molecule has 1 unspecified atom stereocenters. The van der Waals surface area contributed by atoms with Crippen LogP contribution in [0.5, 0.6) is 0 Å². The van der Waals surface area contributed by atoms with Gasteiger partial charge in [0.25, 0.3) is 0 Å². The SMILES string of the molecule is O=C(O)C1CCCCCN1C(=O)Cc1c(Cl)cccc1Cl. The molecule has 0 radical (unpaired) electrons. The van der Waals surface area contributed by atoms with Crippen molar-refractivity contribution in [2.24, 2.45) is 0 Å². The molecule has 1 aliphatic rings. The predicted molar refractivity (Wildman–Crippen MR) is 81.8 cm³/mol. The van der Waals surface area contributed by atoms with Crippen LogP contribution in [0.25, 0.3) is 0 Å². The fourth-order valence-corrected chi connectivity index (χ4v) is 3.15. The molecule has 6 heteroatoms. The van der Waals surface area contributed by atoms with Gasteiger partial charge in [-0.05, 0) is 30.5 Å². The third-order valence-corrected chi connectivity index (χ3v) is 4.46. The van der Waals surface area contributed by atoms with Crippen molar-refractivity contribution in [1.82, 2.24) is 4.90 Å². The van der Waals surface area contributed by atoms with Gasteiger partial charge in [-0.2, -0.15) is 0 Å². The summed E-state index contributed by atoms with van der Waals surface area (Å²) >= 11 is 12.1. The standard InChI is InChI=1S/C15H17Cl2NO3/c16-11-5-4-6-12(17)10(11)9-14(19)18-8-3-1-2-7-13(18)15(20)21/h4-6,13H,1-3,7-9H2,(H,20,21). The first-order chi connectivity index (χ1) is 10.0. The van der Waals surface area contributed by atoms with Crippen molar-refractivity contribution < 1.29 is 14.7 Å². The summed E-state index contributed by atoms with van der Waals surface area (Å²) in [7, 11) is 0. The van der Waals surface area contributed by atoms with Crippen molar-refractivity contribution in [2.45, 2.75) is 38.1 Å². The minimum Gasteiger partial charge on any atom is -0.480 e. The Balaban J connectivity index is 2.19. The maximum atomic E-state index is 12.5. The molecule has 1 amide bonds. The molecule has 4 nitrogen and oxygen atoms in total. The van der Waals surface area contributed by atoms with Gasteiger partial charge in [-0.25, -0.2) is 4.79 Å². The maximum absolute atomic E-state index is 12.5. The number of carbonyl (C=O) groups is 2. The third kappa shape index (κ3) is 3.89. The molecule has 0 spiro atoms. The molecule has 1 heterocycles. The van der Waals surface area contributed by atoms with Crippen LogP contribution in [0.3, 0.4) is 0 Å². The molecule has 1 N–H and O–H groups in total. The van der Waals surface area contributed by atoms with Gasteiger partial charge >= 0.3 is 5.97 Å².